The lowest BCUT2D eigenvalue weighted by atomic mass is 9.93. The molecule has 0 spiro atoms. The van der Waals surface area contributed by atoms with Gasteiger partial charge in [0.2, 0.25) is 0 Å². The summed E-state index contributed by atoms with van der Waals surface area (Å²) in [5.41, 5.74) is 4.25. The SMILES string of the molecule is CCOC(=O)C(=[N+]=[N-])C1(O)C(=O)NC(=O)NC1=O. The molecular formula is C8H8N4O6. The summed E-state index contributed by atoms with van der Waals surface area (Å²) in [6, 6.07) is -1.17. The highest BCUT2D eigenvalue weighted by atomic mass is 16.5. The van der Waals surface area contributed by atoms with Crippen molar-refractivity contribution in [1.82, 2.24) is 10.6 Å². The van der Waals surface area contributed by atoms with Crippen molar-refractivity contribution < 1.29 is 33.8 Å². The first kappa shape index (κ1) is 13.5. The van der Waals surface area contributed by atoms with Crippen LogP contribution in [-0.2, 0) is 19.1 Å². The van der Waals surface area contributed by atoms with Crippen LogP contribution in [0.5, 0.6) is 0 Å². The molecule has 4 amide bonds. The van der Waals surface area contributed by atoms with Crippen LogP contribution in [0, 0.1) is 0 Å². The van der Waals surface area contributed by atoms with Crippen molar-refractivity contribution >= 4 is 29.5 Å². The topological polar surface area (TPSA) is 158 Å². The third kappa shape index (κ3) is 1.97. The van der Waals surface area contributed by atoms with Crippen LogP contribution in [0.3, 0.4) is 0 Å². The van der Waals surface area contributed by atoms with Crippen molar-refractivity contribution in [2.24, 2.45) is 0 Å². The number of esters is 1. The number of rotatable bonds is 3. The molecule has 3 N–H and O–H groups in total. The van der Waals surface area contributed by atoms with Gasteiger partial charge in [-0.3, -0.25) is 20.2 Å². The molecule has 1 fully saturated rings. The summed E-state index contributed by atoms with van der Waals surface area (Å²) in [7, 11) is 0. The average molecular weight is 256 g/mol. The largest absolute Gasteiger partial charge is 0.457 e. The molecule has 0 aromatic heterocycles. The number of aliphatic hydroxyl groups is 1. The molecule has 1 aliphatic rings. The van der Waals surface area contributed by atoms with Crippen LogP contribution >= 0.6 is 0 Å². The minimum atomic E-state index is -3.13. The Morgan fingerprint density at radius 3 is 2.28 bits per heavy atom. The number of barbiturate groups is 1. The second-order valence-corrected chi connectivity index (χ2v) is 3.12. The van der Waals surface area contributed by atoms with Crippen LogP contribution in [0.2, 0.25) is 0 Å². The molecule has 96 valence electrons. The summed E-state index contributed by atoms with van der Waals surface area (Å²) in [4.78, 5) is 47.3. The van der Waals surface area contributed by atoms with Crippen molar-refractivity contribution in [2.75, 3.05) is 6.61 Å². The summed E-state index contributed by atoms with van der Waals surface area (Å²) in [6.07, 6.45) is 0. The van der Waals surface area contributed by atoms with Gasteiger partial charge in [0.05, 0.1) is 6.61 Å². The van der Waals surface area contributed by atoms with Crippen LogP contribution in [0.15, 0.2) is 0 Å². The first-order chi connectivity index (χ1) is 8.37. The van der Waals surface area contributed by atoms with E-state index in [2.05, 4.69) is 9.53 Å². The zero-order chi connectivity index (χ0) is 13.9. The quantitative estimate of drug-likeness (QED) is 0.164. The van der Waals surface area contributed by atoms with Crippen molar-refractivity contribution in [3.05, 3.63) is 5.53 Å². The fourth-order valence-electron chi connectivity index (χ4n) is 1.20. The fourth-order valence-corrected chi connectivity index (χ4v) is 1.20. The summed E-state index contributed by atoms with van der Waals surface area (Å²) >= 11 is 0. The van der Waals surface area contributed by atoms with E-state index in [9.17, 15) is 24.3 Å². The van der Waals surface area contributed by atoms with E-state index < -0.39 is 35.1 Å². The molecule has 0 aromatic rings. The van der Waals surface area contributed by atoms with Gasteiger partial charge in [0.15, 0.2) is 0 Å². The van der Waals surface area contributed by atoms with Crippen molar-refractivity contribution in [3.63, 3.8) is 0 Å². The van der Waals surface area contributed by atoms with Crippen LogP contribution in [0.25, 0.3) is 5.53 Å². The summed E-state index contributed by atoms with van der Waals surface area (Å²) in [5, 5.41) is 12.9. The van der Waals surface area contributed by atoms with Gasteiger partial charge >= 0.3 is 23.3 Å². The Labute approximate surface area is 99.5 Å². The number of imide groups is 2. The molecule has 1 rings (SSSR count). The highest BCUT2D eigenvalue weighted by molar-refractivity contribution is 6.50. The zero-order valence-electron chi connectivity index (χ0n) is 9.09. The molecule has 10 nitrogen and oxygen atoms in total. The van der Waals surface area contributed by atoms with Crippen LogP contribution in [-0.4, -0.2) is 51.6 Å². The molecule has 1 saturated heterocycles. The van der Waals surface area contributed by atoms with Gasteiger partial charge in [0, 0.05) is 0 Å². The Hall–Kier alpha value is -2.58. The molecule has 0 unspecified atom stereocenters. The molecule has 0 bridgehead atoms. The second kappa shape index (κ2) is 4.73. The first-order valence-corrected chi connectivity index (χ1v) is 4.66. The summed E-state index contributed by atoms with van der Waals surface area (Å²) in [6.45, 7) is 1.28. The van der Waals surface area contributed by atoms with E-state index in [1.807, 2.05) is 0 Å². The maximum atomic E-state index is 11.4. The lowest BCUT2D eigenvalue weighted by Gasteiger charge is -2.24. The number of hydrogen-bond acceptors (Lipinski definition) is 6. The molecule has 0 radical (unpaired) electrons. The van der Waals surface area contributed by atoms with Gasteiger partial charge in [-0.1, -0.05) is 0 Å². The van der Waals surface area contributed by atoms with Gasteiger partial charge < -0.3 is 15.4 Å². The highest BCUT2D eigenvalue weighted by Gasteiger charge is 2.62. The molecule has 18 heavy (non-hydrogen) atoms. The smallest absolute Gasteiger partial charge is 0.426 e. The standard InChI is InChI=1S/C8H8N4O6/c1-2-18-4(13)3(12-9)8(17)5(14)10-7(16)11-6(8)15/h17H,2H2,1H3,(H2,10,11,14,15,16). The number of amides is 4. The summed E-state index contributed by atoms with van der Waals surface area (Å²) < 4.78 is 4.40. The lowest BCUT2D eigenvalue weighted by Crippen LogP contribution is -2.71. The monoisotopic (exact) mass is 256 g/mol. The van der Waals surface area contributed by atoms with Crippen molar-refractivity contribution in [1.29, 1.82) is 0 Å². The molecule has 0 aromatic carbocycles. The number of urea groups is 1. The van der Waals surface area contributed by atoms with Gasteiger partial charge in [-0.25, -0.2) is 9.59 Å². The number of carbonyl (C=O) groups excluding carboxylic acids is 4. The third-order valence-electron chi connectivity index (χ3n) is 2.02. The van der Waals surface area contributed by atoms with Gasteiger partial charge in [-0.15, -0.1) is 0 Å². The van der Waals surface area contributed by atoms with Crippen LogP contribution in [0.1, 0.15) is 6.92 Å². The lowest BCUT2D eigenvalue weighted by molar-refractivity contribution is -0.157. The highest BCUT2D eigenvalue weighted by Crippen LogP contribution is 2.12. The Kier molecular flexibility index (Phi) is 3.55. The molecule has 0 saturated carbocycles. The average Bonchev–Trinajstić information content (AvgIpc) is 2.27. The summed E-state index contributed by atoms with van der Waals surface area (Å²) in [5.74, 6) is -4.41. The van der Waals surface area contributed by atoms with Gasteiger partial charge in [-0.2, -0.15) is 4.79 Å². The molecule has 1 heterocycles. The maximum Gasteiger partial charge on any atom is 0.426 e. The van der Waals surface area contributed by atoms with Gasteiger partial charge in [0.25, 0.3) is 11.8 Å². The molecule has 0 aliphatic carbocycles. The van der Waals surface area contributed by atoms with Gasteiger partial charge in [0.1, 0.15) is 0 Å². The minimum absolute atomic E-state index is 0.143. The van der Waals surface area contributed by atoms with E-state index >= 15 is 0 Å². The zero-order valence-corrected chi connectivity index (χ0v) is 9.09. The maximum absolute atomic E-state index is 11.4. The Bertz CT molecular complexity index is 472. The Balaban J connectivity index is 3.22. The normalized spacial score (nSPS) is 17.3. The van der Waals surface area contributed by atoms with Crippen LogP contribution < -0.4 is 10.6 Å². The van der Waals surface area contributed by atoms with Gasteiger partial charge in [-0.05, 0) is 6.92 Å². The predicted octanol–water partition coefficient (Wildman–Crippen LogP) is -2.68. The minimum Gasteiger partial charge on any atom is -0.457 e. The number of nitrogens with zero attached hydrogens (tertiary/aromatic N) is 2. The predicted molar refractivity (Wildman–Crippen MR) is 51.9 cm³/mol. The fraction of sp³-hybridized carbons (Fsp3) is 0.375. The number of nitrogens with one attached hydrogen (secondary N) is 2. The Morgan fingerprint density at radius 2 is 1.89 bits per heavy atom. The third-order valence-corrected chi connectivity index (χ3v) is 2.02. The molecule has 0 atom stereocenters. The van der Waals surface area contributed by atoms with E-state index in [0.29, 0.717) is 0 Å². The van der Waals surface area contributed by atoms with E-state index in [1.165, 1.54) is 6.92 Å². The Morgan fingerprint density at radius 1 is 1.39 bits per heavy atom. The second-order valence-electron chi connectivity index (χ2n) is 3.12. The molecular weight excluding hydrogens is 248 g/mol. The van der Waals surface area contributed by atoms with Crippen molar-refractivity contribution in [3.8, 4) is 0 Å². The number of ether oxygens (including phenoxy) is 1. The first-order valence-electron chi connectivity index (χ1n) is 4.66. The van der Waals surface area contributed by atoms with E-state index in [-0.39, 0.29) is 6.61 Å². The number of hydrogen-bond donors (Lipinski definition) is 3. The van der Waals surface area contributed by atoms with Crippen molar-refractivity contribution in [2.45, 2.75) is 12.5 Å². The number of carbonyl (C=O) groups is 4. The van der Waals surface area contributed by atoms with E-state index in [4.69, 9.17) is 5.53 Å². The van der Waals surface area contributed by atoms with E-state index in [1.54, 1.807) is 10.6 Å². The molecule has 1 aliphatic heterocycles. The van der Waals surface area contributed by atoms with E-state index in [0.717, 1.165) is 0 Å². The van der Waals surface area contributed by atoms with Crippen LogP contribution in [0.4, 0.5) is 4.79 Å². The molecule has 10 heteroatoms.